The van der Waals surface area contributed by atoms with E-state index in [0.717, 1.165) is 45.3 Å². The van der Waals surface area contributed by atoms with Gasteiger partial charge < -0.3 is 9.80 Å². The highest BCUT2D eigenvalue weighted by Gasteiger charge is 2.38. The molecule has 0 unspecified atom stereocenters. The number of hydrogen-bond acceptors (Lipinski definition) is 2. The zero-order valence-electron chi connectivity index (χ0n) is 42.3. The van der Waals surface area contributed by atoms with E-state index < -0.39 is 0 Å². The largest absolute Gasteiger partial charge is 0.310 e. The lowest BCUT2D eigenvalue weighted by Crippen LogP contribution is -2.18. The van der Waals surface area contributed by atoms with Gasteiger partial charge in [0.15, 0.2) is 0 Å². The van der Waals surface area contributed by atoms with Gasteiger partial charge in [-0.2, -0.15) is 0 Å². The molecule has 2 aliphatic rings. The first-order valence-electron chi connectivity index (χ1n) is 25.9. The van der Waals surface area contributed by atoms with E-state index in [-0.39, 0.29) is 10.8 Å². The predicted octanol–water partition coefficient (Wildman–Crippen LogP) is 19.9. The van der Waals surface area contributed by atoms with Crippen LogP contribution in [0.25, 0.3) is 66.8 Å². The average Bonchev–Trinajstić information content (AvgIpc) is 3.83. The Morgan fingerprint density at radius 3 is 0.865 bits per heavy atom. The number of anilines is 6. The van der Waals surface area contributed by atoms with Crippen LogP contribution in [-0.2, 0) is 10.8 Å². The summed E-state index contributed by atoms with van der Waals surface area (Å²) in [5, 5.41) is 0. The number of nitrogens with zero attached hydrogens (tertiary/aromatic N) is 2. The fourth-order valence-corrected chi connectivity index (χ4v) is 11.9. The van der Waals surface area contributed by atoms with Gasteiger partial charge in [0.1, 0.15) is 0 Å². The van der Waals surface area contributed by atoms with Crippen molar-refractivity contribution in [1.82, 2.24) is 0 Å². The van der Waals surface area contributed by atoms with E-state index in [9.17, 15) is 0 Å². The van der Waals surface area contributed by atoms with E-state index in [4.69, 9.17) is 0 Å². The molecular formula is C72H56N2. The molecule has 2 nitrogen and oxygen atoms in total. The van der Waals surface area contributed by atoms with E-state index in [1.807, 2.05) is 0 Å². The molecule has 2 aliphatic carbocycles. The fraction of sp³-hybridized carbons (Fsp3) is 0.0833. The van der Waals surface area contributed by atoms with Crippen LogP contribution in [0.15, 0.2) is 267 Å². The molecule has 0 fully saturated rings. The quantitative estimate of drug-likeness (QED) is 0.135. The summed E-state index contributed by atoms with van der Waals surface area (Å²) in [6, 6.07) is 98.2. The lowest BCUT2D eigenvalue weighted by molar-refractivity contribution is 0.660. The van der Waals surface area contributed by atoms with E-state index in [2.05, 4.69) is 304 Å². The van der Waals surface area contributed by atoms with Crippen LogP contribution in [0.3, 0.4) is 0 Å². The maximum Gasteiger partial charge on any atom is 0.0473 e. The maximum atomic E-state index is 2.46. The summed E-state index contributed by atoms with van der Waals surface area (Å²) in [5.41, 5.74) is 26.6. The van der Waals surface area contributed by atoms with Gasteiger partial charge in [-0.15, -0.1) is 0 Å². The molecule has 0 atom stereocenters. The number of rotatable bonds is 10. The first-order chi connectivity index (χ1) is 36.2. The summed E-state index contributed by atoms with van der Waals surface area (Å²) >= 11 is 0. The fourth-order valence-electron chi connectivity index (χ4n) is 11.9. The second-order valence-corrected chi connectivity index (χ2v) is 21.0. The third-order valence-corrected chi connectivity index (χ3v) is 15.9. The zero-order chi connectivity index (χ0) is 50.0. The number of hydrogen-bond donors (Lipinski definition) is 0. The average molecular weight is 949 g/mol. The minimum absolute atomic E-state index is 0.124. The predicted molar refractivity (Wildman–Crippen MR) is 313 cm³/mol. The lowest BCUT2D eigenvalue weighted by Gasteiger charge is -2.30. The molecule has 0 radical (unpaired) electrons. The third kappa shape index (κ3) is 7.74. The van der Waals surface area contributed by atoms with E-state index in [1.54, 1.807) is 0 Å². The molecule has 0 aliphatic heterocycles. The summed E-state index contributed by atoms with van der Waals surface area (Å²) in [6.07, 6.45) is 0. The molecule has 0 saturated heterocycles. The van der Waals surface area contributed by atoms with Crippen molar-refractivity contribution in [3.05, 3.63) is 289 Å². The van der Waals surface area contributed by atoms with Gasteiger partial charge in [-0.3, -0.25) is 0 Å². The first kappa shape index (κ1) is 44.9. The summed E-state index contributed by atoms with van der Waals surface area (Å²) < 4.78 is 0. The molecule has 0 bridgehead atoms. The van der Waals surface area contributed by atoms with Crippen LogP contribution in [0.1, 0.15) is 49.9 Å². The van der Waals surface area contributed by atoms with Gasteiger partial charge in [-0.05, 0) is 168 Å². The van der Waals surface area contributed by atoms with Crippen molar-refractivity contribution in [3.63, 3.8) is 0 Å². The molecular weight excluding hydrogens is 893 g/mol. The summed E-state index contributed by atoms with van der Waals surface area (Å²) in [7, 11) is 0. The maximum absolute atomic E-state index is 2.46. The minimum Gasteiger partial charge on any atom is -0.310 e. The van der Waals surface area contributed by atoms with Crippen LogP contribution < -0.4 is 9.80 Å². The van der Waals surface area contributed by atoms with Gasteiger partial charge in [0.25, 0.3) is 0 Å². The Morgan fingerprint density at radius 1 is 0.203 bits per heavy atom. The zero-order valence-corrected chi connectivity index (χ0v) is 42.3. The minimum atomic E-state index is -0.124. The van der Waals surface area contributed by atoms with Crippen molar-refractivity contribution in [2.45, 2.75) is 38.5 Å². The van der Waals surface area contributed by atoms with E-state index in [1.165, 1.54) is 77.9 Å². The Hall–Kier alpha value is -8.98. The Morgan fingerprint density at radius 2 is 0.486 bits per heavy atom. The van der Waals surface area contributed by atoms with Crippen molar-refractivity contribution < 1.29 is 0 Å². The van der Waals surface area contributed by atoms with Gasteiger partial charge in [-0.1, -0.05) is 216 Å². The standard InChI is InChI=1S/C72H56N2/c1-71(2)67-26-16-14-24-63(67)65-42-40-60(47-69(65)71)74(61-41-43-66-64-25-15-17-27-68(64)72(3,4)70(66)48-61)59-38-32-54(33-39-59)53-30-36-58(37-31-53)73(57-34-28-52(29-35-57)49-18-8-5-9-19-49)62-45-55(50-20-10-6-11-21-50)44-56(46-62)51-22-12-7-13-23-51/h5-48H,1-4H3. The van der Waals surface area contributed by atoms with Crippen LogP contribution in [-0.4, -0.2) is 0 Å². The molecule has 0 heterocycles. The van der Waals surface area contributed by atoms with Crippen LogP contribution in [0.4, 0.5) is 34.1 Å². The molecule has 0 spiro atoms. The second-order valence-electron chi connectivity index (χ2n) is 21.0. The van der Waals surface area contributed by atoms with E-state index >= 15 is 0 Å². The molecule has 11 aromatic rings. The molecule has 13 rings (SSSR count). The summed E-state index contributed by atoms with van der Waals surface area (Å²) in [5.74, 6) is 0. The van der Waals surface area contributed by atoms with Crippen molar-refractivity contribution in [1.29, 1.82) is 0 Å². The first-order valence-corrected chi connectivity index (χ1v) is 25.9. The molecule has 0 aromatic heterocycles. The summed E-state index contributed by atoms with van der Waals surface area (Å²) in [6.45, 7) is 9.47. The Bertz CT molecular complexity index is 3690. The summed E-state index contributed by atoms with van der Waals surface area (Å²) in [4.78, 5) is 4.85. The lowest BCUT2D eigenvalue weighted by atomic mass is 9.82. The highest BCUT2D eigenvalue weighted by molar-refractivity contribution is 5.90. The van der Waals surface area contributed by atoms with Crippen LogP contribution in [0.5, 0.6) is 0 Å². The topological polar surface area (TPSA) is 6.48 Å². The smallest absolute Gasteiger partial charge is 0.0473 e. The van der Waals surface area contributed by atoms with Gasteiger partial charge >= 0.3 is 0 Å². The van der Waals surface area contributed by atoms with E-state index in [0.29, 0.717) is 0 Å². The van der Waals surface area contributed by atoms with Crippen LogP contribution in [0.2, 0.25) is 0 Å². The van der Waals surface area contributed by atoms with Crippen molar-refractivity contribution in [3.8, 4) is 66.8 Å². The highest BCUT2D eigenvalue weighted by Crippen LogP contribution is 2.53. The molecule has 74 heavy (non-hydrogen) atoms. The van der Waals surface area contributed by atoms with Crippen LogP contribution >= 0.6 is 0 Å². The van der Waals surface area contributed by atoms with Gasteiger partial charge in [-0.25, -0.2) is 0 Å². The SMILES string of the molecule is CC1(C)c2ccccc2-c2ccc(N(c3ccc(-c4ccc(N(c5ccc(-c6ccccc6)cc5)c5cc(-c6ccccc6)cc(-c6ccccc6)c5)cc4)cc3)c3ccc4c(c3)C(C)(C)c3ccccc3-4)cc21. The molecule has 11 aromatic carbocycles. The molecule has 354 valence electrons. The van der Waals surface area contributed by atoms with Crippen LogP contribution in [0, 0.1) is 0 Å². The van der Waals surface area contributed by atoms with Crippen molar-refractivity contribution in [2.24, 2.45) is 0 Å². The molecule has 0 amide bonds. The normalized spacial score (nSPS) is 13.4. The van der Waals surface area contributed by atoms with Crippen molar-refractivity contribution >= 4 is 34.1 Å². The number of benzene rings is 11. The Labute approximate surface area is 436 Å². The van der Waals surface area contributed by atoms with Gasteiger partial charge in [0, 0.05) is 45.0 Å². The highest BCUT2D eigenvalue weighted by atomic mass is 15.1. The Balaban J connectivity index is 0.890. The van der Waals surface area contributed by atoms with Crippen molar-refractivity contribution in [2.75, 3.05) is 9.80 Å². The Kier molecular flexibility index (Phi) is 10.9. The monoisotopic (exact) mass is 948 g/mol. The molecule has 2 heteroatoms. The molecule has 0 saturated carbocycles. The van der Waals surface area contributed by atoms with Gasteiger partial charge in [0.05, 0.1) is 0 Å². The third-order valence-electron chi connectivity index (χ3n) is 15.9. The number of fused-ring (bicyclic) bond motifs is 6. The molecule has 0 N–H and O–H groups in total. The van der Waals surface area contributed by atoms with Gasteiger partial charge in [0.2, 0.25) is 0 Å². The second kappa shape index (κ2) is 17.9.